The fourth-order valence-electron chi connectivity index (χ4n) is 4.33. The number of hydrogen-bond donors (Lipinski definition) is 2. The summed E-state index contributed by atoms with van der Waals surface area (Å²) in [5.41, 5.74) is 6.95. The number of halogens is 3. The fraction of sp³-hybridized carbons (Fsp3) is 0.316. The van der Waals surface area contributed by atoms with Crippen LogP contribution in [0.25, 0.3) is 0 Å². The zero-order chi connectivity index (χ0) is 19.7. The summed E-state index contributed by atoms with van der Waals surface area (Å²) in [5.74, 6) is -0.907. The van der Waals surface area contributed by atoms with Crippen LogP contribution in [0.2, 0.25) is 5.02 Å². The first-order chi connectivity index (χ1) is 13.4. The van der Waals surface area contributed by atoms with E-state index in [-0.39, 0.29) is 11.6 Å². The number of carbonyl (C=O) groups excluding carboxylic acids is 1. The molecule has 5 rings (SSSR count). The Morgan fingerprint density at radius 3 is 2.96 bits per heavy atom. The van der Waals surface area contributed by atoms with Crippen molar-refractivity contribution in [3.8, 4) is 0 Å². The van der Waals surface area contributed by atoms with E-state index in [0.29, 0.717) is 39.8 Å². The number of anilines is 1. The van der Waals surface area contributed by atoms with Crippen LogP contribution in [-0.4, -0.2) is 27.5 Å². The molecule has 1 amide bonds. The smallest absolute Gasteiger partial charge is 0.274 e. The van der Waals surface area contributed by atoms with Gasteiger partial charge in [0.1, 0.15) is 18.2 Å². The number of thioether (sulfide) groups is 1. The maximum atomic E-state index is 14.6. The van der Waals surface area contributed by atoms with Crippen LogP contribution in [-0.2, 0) is 12.0 Å². The molecule has 28 heavy (non-hydrogen) atoms. The lowest BCUT2D eigenvalue weighted by Gasteiger charge is -2.45. The first kappa shape index (κ1) is 17.9. The van der Waals surface area contributed by atoms with Crippen LogP contribution in [0, 0.1) is 11.7 Å². The number of hydrogen-bond acceptors (Lipinski definition) is 5. The molecule has 1 saturated carbocycles. The molecule has 1 aromatic heterocycles. The van der Waals surface area contributed by atoms with Crippen molar-refractivity contribution in [2.24, 2.45) is 16.6 Å². The number of carbonyl (C=O) groups is 1. The van der Waals surface area contributed by atoms with E-state index in [4.69, 9.17) is 17.3 Å². The van der Waals surface area contributed by atoms with Gasteiger partial charge >= 0.3 is 0 Å². The summed E-state index contributed by atoms with van der Waals surface area (Å²) in [5, 5.41) is 3.41. The number of rotatable bonds is 3. The Bertz CT molecular complexity index is 1050. The number of aromatic nitrogens is 1. The van der Waals surface area contributed by atoms with Gasteiger partial charge in [-0.2, -0.15) is 0 Å². The summed E-state index contributed by atoms with van der Waals surface area (Å²) < 4.78 is 27.7. The van der Waals surface area contributed by atoms with E-state index in [1.54, 1.807) is 12.1 Å². The number of aliphatic imine (C=N–C) groups is 1. The predicted octanol–water partition coefficient (Wildman–Crippen LogP) is 3.67. The highest BCUT2D eigenvalue weighted by molar-refractivity contribution is 8.15. The van der Waals surface area contributed by atoms with Gasteiger partial charge in [0.05, 0.1) is 15.3 Å². The number of nitrogens with zero attached hydrogens (tertiary/aromatic N) is 2. The third-order valence-electron chi connectivity index (χ3n) is 5.77. The Kier molecular flexibility index (Phi) is 3.77. The summed E-state index contributed by atoms with van der Waals surface area (Å²) in [6.07, 6.45) is 2.42. The Balaban J connectivity index is 1.48. The van der Waals surface area contributed by atoms with Crippen LogP contribution in [0.1, 0.15) is 28.0 Å². The van der Waals surface area contributed by atoms with E-state index in [9.17, 15) is 13.6 Å². The molecule has 1 aliphatic heterocycles. The number of amides is 1. The highest BCUT2D eigenvalue weighted by Gasteiger charge is 2.70. The summed E-state index contributed by atoms with van der Waals surface area (Å²) in [4.78, 5) is 21.0. The molecular formula is C19H15ClF2N4OS. The maximum absolute atomic E-state index is 14.6. The van der Waals surface area contributed by atoms with Crippen LogP contribution < -0.4 is 11.1 Å². The predicted molar refractivity (Wildman–Crippen MR) is 105 cm³/mol. The highest BCUT2D eigenvalue weighted by Crippen LogP contribution is 2.69. The first-order valence-electron chi connectivity index (χ1n) is 8.73. The summed E-state index contributed by atoms with van der Waals surface area (Å²) in [6.45, 7) is -0.489. The van der Waals surface area contributed by atoms with Crippen LogP contribution in [0.5, 0.6) is 0 Å². The third-order valence-corrected chi connectivity index (χ3v) is 7.26. The van der Waals surface area contributed by atoms with Crippen molar-refractivity contribution in [2.75, 3.05) is 12.0 Å². The lowest BCUT2D eigenvalue weighted by atomic mass is 9.67. The normalized spacial score (nSPS) is 29.4. The number of alkyl halides is 1. The van der Waals surface area contributed by atoms with Crippen molar-refractivity contribution in [2.45, 2.75) is 23.1 Å². The monoisotopic (exact) mass is 420 g/mol. The molecule has 1 fully saturated rings. The molecule has 144 valence electrons. The van der Waals surface area contributed by atoms with Crippen molar-refractivity contribution in [3.63, 3.8) is 0 Å². The second-order valence-electron chi connectivity index (χ2n) is 7.41. The zero-order valence-corrected chi connectivity index (χ0v) is 16.1. The first-order valence-corrected chi connectivity index (χ1v) is 9.92. The standard InChI is InChI=1S/C19H15ClF2N4OS/c20-9-1-2-14(24-7-9)16(27)25-10-3-12-11(13(22)4-10)5-19(12)15-6-18(15,8-21)28-17(23)26-19/h1-4,7,15H,5-6,8H2,(H2,23,26)(H,25,27)/t15-,18-,19-/m1/s1. The van der Waals surface area contributed by atoms with Crippen LogP contribution in [0.15, 0.2) is 35.5 Å². The molecule has 2 heterocycles. The van der Waals surface area contributed by atoms with Gasteiger partial charge in [0.2, 0.25) is 0 Å². The number of benzene rings is 1. The Morgan fingerprint density at radius 1 is 1.43 bits per heavy atom. The number of nitrogens with one attached hydrogen (secondary N) is 1. The van der Waals surface area contributed by atoms with E-state index >= 15 is 0 Å². The molecule has 9 heteroatoms. The SMILES string of the molecule is NC1=N[C@@]2(Cc3c(F)cc(NC(=O)c4ccc(Cl)cn4)cc32)[C@@H]2C[C@]2(CF)S1. The van der Waals surface area contributed by atoms with Crippen LogP contribution >= 0.6 is 23.4 Å². The molecule has 2 aliphatic carbocycles. The van der Waals surface area contributed by atoms with E-state index in [0.717, 1.165) is 0 Å². The molecule has 0 unspecified atom stereocenters. The number of nitrogens with two attached hydrogens (primary N) is 1. The second-order valence-corrected chi connectivity index (χ2v) is 9.28. The van der Waals surface area contributed by atoms with Gasteiger partial charge in [0.25, 0.3) is 5.91 Å². The molecule has 2 aromatic rings. The van der Waals surface area contributed by atoms with Gasteiger partial charge in [-0.3, -0.25) is 9.79 Å². The largest absolute Gasteiger partial charge is 0.378 e. The van der Waals surface area contributed by atoms with Gasteiger partial charge in [-0.15, -0.1) is 0 Å². The lowest BCUT2D eigenvalue weighted by Crippen LogP contribution is -2.46. The van der Waals surface area contributed by atoms with Gasteiger partial charge in [-0.1, -0.05) is 23.4 Å². The van der Waals surface area contributed by atoms with Crippen molar-refractivity contribution in [1.29, 1.82) is 0 Å². The van der Waals surface area contributed by atoms with E-state index in [2.05, 4.69) is 15.3 Å². The van der Waals surface area contributed by atoms with Gasteiger partial charge in [0.15, 0.2) is 5.17 Å². The van der Waals surface area contributed by atoms with Crippen LogP contribution in [0.4, 0.5) is 14.5 Å². The van der Waals surface area contributed by atoms with E-state index in [1.807, 2.05) is 0 Å². The lowest BCUT2D eigenvalue weighted by molar-refractivity contribution is 0.102. The molecular weight excluding hydrogens is 406 g/mol. The van der Waals surface area contributed by atoms with E-state index in [1.165, 1.54) is 30.1 Å². The molecule has 3 N–H and O–H groups in total. The van der Waals surface area contributed by atoms with Crippen molar-refractivity contribution >= 4 is 40.1 Å². The Morgan fingerprint density at radius 2 is 2.25 bits per heavy atom. The van der Waals surface area contributed by atoms with Gasteiger partial charge in [-0.25, -0.2) is 13.8 Å². The summed E-state index contributed by atoms with van der Waals surface area (Å²) >= 11 is 7.06. The molecule has 0 radical (unpaired) electrons. The molecule has 5 nitrogen and oxygen atoms in total. The van der Waals surface area contributed by atoms with Crippen molar-refractivity contribution < 1.29 is 13.6 Å². The highest BCUT2D eigenvalue weighted by atomic mass is 35.5. The topological polar surface area (TPSA) is 80.4 Å². The summed E-state index contributed by atoms with van der Waals surface area (Å²) in [6, 6.07) is 6.03. The second kappa shape index (κ2) is 5.90. The average molecular weight is 421 g/mol. The minimum absolute atomic E-state index is 0.0157. The molecule has 0 bridgehead atoms. The number of amidine groups is 1. The van der Waals surface area contributed by atoms with Gasteiger partial charge < -0.3 is 11.1 Å². The van der Waals surface area contributed by atoms with E-state index < -0.39 is 28.7 Å². The van der Waals surface area contributed by atoms with Gasteiger partial charge in [0, 0.05) is 24.2 Å². The fourth-order valence-corrected chi connectivity index (χ4v) is 5.71. The molecule has 1 spiro atoms. The quantitative estimate of drug-likeness (QED) is 0.794. The molecule has 3 atom stereocenters. The minimum Gasteiger partial charge on any atom is -0.378 e. The van der Waals surface area contributed by atoms with Crippen molar-refractivity contribution in [1.82, 2.24) is 4.98 Å². The average Bonchev–Trinajstić information content (AvgIpc) is 3.38. The van der Waals surface area contributed by atoms with Crippen molar-refractivity contribution in [3.05, 3.63) is 58.1 Å². The Hall–Kier alpha value is -2.19. The molecule has 1 aromatic carbocycles. The minimum atomic E-state index is -0.698. The number of fused-ring (bicyclic) bond motifs is 4. The van der Waals surface area contributed by atoms with Crippen LogP contribution in [0.3, 0.4) is 0 Å². The molecule has 3 aliphatic rings. The zero-order valence-electron chi connectivity index (χ0n) is 14.5. The molecule has 0 saturated heterocycles. The Labute approximate surface area is 168 Å². The summed E-state index contributed by atoms with van der Waals surface area (Å²) in [7, 11) is 0. The third kappa shape index (κ3) is 2.47. The maximum Gasteiger partial charge on any atom is 0.274 e. The van der Waals surface area contributed by atoms with Gasteiger partial charge in [-0.05, 0) is 41.8 Å². The number of pyridine rings is 1.